The van der Waals surface area contributed by atoms with Crippen LogP contribution >= 0.6 is 0 Å². The van der Waals surface area contributed by atoms with Crippen molar-refractivity contribution in [2.75, 3.05) is 34.2 Å². The quantitative estimate of drug-likeness (QED) is 0.194. The molecule has 0 bridgehead atoms. The maximum Gasteiger partial charge on any atom is 0.251 e. The Hall–Kier alpha value is -1.95. The lowest BCUT2D eigenvalue weighted by molar-refractivity contribution is -0.870. The van der Waals surface area contributed by atoms with Crippen molar-refractivity contribution in [3.63, 3.8) is 0 Å². The molecule has 0 aliphatic carbocycles. The number of aromatic nitrogens is 1. The fourth-order valence-corrected chi connectivity index (χ4v) is 1.77. The molecule has 1 aromatic rings. The van der Waals surface area contributed by atoms with E-state index in [9.17, 15) is 4.79 Å². The molecule has 6 nitrogen and oxygen atoms in total. The Morgan fingerprint density at radius 1 is 1.50 bits per heavy atom. The predicted molar refractivity (Wildman–Crippen MR) is 76.8 cm³/mol. The molecule has 0 unspecified atom stereocenters. The average Bonchev–Trinajstić information content (AvgIpc) is 2.36. The van der Waals surface area contributed by atoms with E-state index >= 15 is 0 Å². The van der Waals surface area contributed by atoms with Gasteiger partial charge < -0.3 is 15.0 Å². The van der Waals surface area contributed by atoms with Crippen molar-refractivity contribution in [3.05, 3.63) is 29.6 Å². The lowest BCUT2D eigenvalue weighted by Crippen LogP contribution is -2.38. The maximum absolute atomic E-state index is 12.0. The standard InChI is InChI=1S/C14H22N4O2/c1-17-8-6-12(10-13(17)11-16-20)14(19)15-7-5-9-18(2,3)4/h6,8,10-11H,5,7,9H2,1-4H3/p+2. The molecule has 0 saturated heterocycles. The van der Waals surface area contributed by atoms with Crippen LogP contribution in [0.3, 0.4) is 0 Å². The first-order valence-corrected chi connectivity index (χ1v) is 6.59. The number of hydrogen-bond donors (Lipinski definition) is 2. The van der Waals surface area contributed by atoms with Crippen LogP contribution in [0.15, 0.2) is 23.5 Å². The summed E-state index contributed by atoms with van der Waals surface area (Å²) >= 11 is 0. The first kappa shape index (κ1) is 16.1. The van der Waals surface area contributed by atoms with Gasteiger partial charge in [-0.1, -0.05) is 5.16 Å². The monoisotopic (exact) mass is 280 g/mol. The van der Waals surface area contributed by atoms with Crippen LogP contribution in [-0.4, -0.2) is 56.0 Å². The van der Waals surface area contributed by atoms with E-state index in [1.54, 1.807) is 22.9 Å². The summed E-state index contributed by atoms with van der Waals surface area (Å²) in [7, 11) is 8.19. The summed E-state index contributed by atoms with van der Waals surface area (Å²) in [4.78, 5) is 12.0. The van der Waals surface area contributed by atoms with Crippen LogP contribution in [0.25, 0.3) is 0 Å². The predicted octanol–water partition coefficient (Wildman–Crippen LogP) is 0.145. The van der Waals surface area contributed by atoms with E-state index < -0.39 is 0 Å². The zero-order valence-corrected chi connectivity index (χ0v) is 12.6. The zero-order chi connectivity index (χ0) is 15.2. The highest BCUT2D eigenvalue weighted by Crippen LogP contribution is 1.99. The summed E-state index contributed by atoms with van der Waals surface area (Å²) < 4.78 is 2.65. The highest BCUT2D eigenvalue weighted by atomic mass is 16.4. The SMILES string of the molecule is C[n+]1ccc(C(=O)NCCC[N+](C)(C)C)cc1/C=N\O. The first-order chi connectivity index (χ1) is 9.33. The third-order valence-corrected chi connectivity index (χ3v) is 2.93. The van der Waals surface area contributed by atoms with Gasteiger partial charge in [-0.05, 0) is 0 Å². The number of carbonyl (C=O) groups is 1. The second-order valence-electron chi connectivity index (χ2n) is 5.82. The van der Waals surface area contributed by atoms with E-state index in [1.165, 1.54) is 6.21 Å². The summed E-state index contributed by atoms with van der Waals surface area (Å²) in [5.41, 5.74) is 1.22. The van der Waals surface area contributed by atoms with E-state index in [2.05, 4.69) is 31.6 Å². The molecule has 1 amide bonds. The summed E-state index contributed by atoms with van der Waals surface area (Å²) in [5, 5.41) is 14.5. The van der Waals surface area contributed by atoms with Crippen LogP contribution in [0.5, 0.6) is 0 Å². The molecule has 1 aromatic heterocycles. The molecule has 6 heteroatoms. The van der Waals surface area contributed by atoms with Gasteiger partial charge in [0.2, 0.25) is 5.69 Å². The van der Waals surface area contributed by atoms with Crippen LogP contribution in [0.2, 0.25) is 0 Å². The molecule has 2 N–H and O–H groups in total. The minimum absolute atomic E-state index is 0.111. The minimum Gasteiger partial charge on any atom is -0.411 e. The number of carbonyl (C=O) groups excluding carboxylic acids is 1. The number of hydrogen-bond acceptors (Lipinski definition) is 3. The number of pyridine rings is 1. The molecular weight excluding hydrogens is 256 g/mol. The third kappa shape index (κ3) is 5.36. The van der Waals surface area contributed by atoms with Crippen molar-refractivity contribution in [1.82, 2.24) is 5.32 Å². The number of oxime groups is 1. The summed E-state index contributed by atoms with van der Waals surface area (Å²) in [6, 6.07) is 3.43. The van der Waals surface area contributed by atoms with E-state index in [0.29, 0.717) is 17.8 Å². The molecule has 0 saturated carbocycles. The molecular formula is C14H24N4O2+2. The molecule has 1 rings (SSSR count). The van der Waals surface area contributed by atoms with Crippen molar-refractivity contribution in [3.8, 4) is 0 Å². The molecule has 0 radical (unpaired) electrons. The second kappa shape index (κ2) is 7.00. The molecule has 0 fully saturated rings. The van der Waals surface area contributed by atoms with E-state index in [1.807, 2.05) is 7.05 Å². The van der Waals surface area contributed by atoms with Gasteiger partial charge in [0.25, 0.3) is 5.91 Å². The first-order valence-electron chi connectivity index (χ1n) is 6.59. The lowest BCUT2D eigenvalue weighted by Gasteiger charge is -2.23. The molecule has 0 aromatic carbocycles. The second-order valence-corrected chi connectivity index (χ2v) is 5.82. The Bertz CT molecular complexity index is 492. The van der Waals surface area contributed by atoms with Gasteiger partial charge in [0, 0.05) is 25.1 Å². The Morgan fingerprint density at radius 3 is 2.80 bits per heavy atom. The van der Waals surface area contributed by atoms with E-state index in [-0.39, 0.29) is 5.91 Å². The Balaban J connectivity index is 2.58. The number of aryl methyl sites for hydroxylation is 1. The Kier molecular flexibility index (Phi) is 5.64. The number of nitrogens with zero attached hydrogens (tertiary/aromatic N) is 3. The largest absolute Gasteiger partial charge is 0.411 e. The van der Waals surface area contributed by atoms with Crippen molar-refractivity contribution in [1.29, 1.82) is 0 Å². The zero-order valence-electron chi connectivity index (χ0n) is 12.6. The van der Waals surface area contributed by atoms with Gasteiger partial charge in [-0.15, -0.1) is 0 Å². The third-order valence-electron chi connectivity index (χ3n) is 2.93. The van der Waals surface area contributed by atoms with Gasteiger partial charge in [-0.3, -0.25) is 4.79 Å². The molecule has 110 valence electrons. The Morgan fingerprint density at radius 2 is 2.20 bits per heavy atom. The van der Waals surface area contributed by atoms with E-state index in [4.69, 9.17) is 5.21 Å². The van der Waals surface area contributed by atoms with Gasteiger partial charge in [0.05, 0.1) is 33.3 Å². The maximum atomic E-state index is 12.0. The lowest BCUT2D eigenvalue weighted by atomic mass is 10.2. The fourth-order valence-electron chi connectivity index (χ4n) is 1.77. The average molecular weight is 280 g/mol. The number of amides is 1. The number of nitrogens with one attached hydrogen (secondary N) is 1. The van der Waals surface area contributed by atoms with Crippen molar-refractivity contribution >= 4 is 12.1 Å². The molecule has 0 aliphatic heterocycles. The summed E-state index contributed by atoms with van der Waals surface area (Å²) in [6.07, 6.45) is 3.99. The van der Waals surface area contributed by atoms with Crippen LogP contribution in [0, 0.1) is 0 Å². The van der Waals surface area contributed by atoms with Crippen molar-refractivity contribution in [2.24, 2.45) is 12.2 Å². The van der Waals surface area contributed by atoms with Crippen LogP contribution in [0.1, 0.15) is 22.5 Å². The molecule has 20 heavy (non-hydrogen) atoms. The van der Waals surface area contributed by atoms with Crippen LogP contribution in [-0.2, 0) is 7.05 Å². The summed E-state index contributed by atoms with van der Waals surface area (Å²) in [6.45, 7) is 1.66. The highest BCUT2D eigenvalue weighted by Gasteiger charge is 2.12. The molecule has 0 spiro atoms. The van der Waals surface area contributed by atoms with Crippen molar-refractivity contribution < 1.29 is 19.1 Å². The van der Waals surface area contributed by atoms with Gasteiger partial charge in [0.1, 0.15) is 13.3 Å². The topological polar surface area (TPSA) is 65.6 Å². The van der Waals surface area contributed by atoms with Gasteiger partial charge >= 0.3 is 0 Å². The van der Waals surface area contributed by atoms with Gasteiger partial charge in [0.15, 0.2) is 6.20 Å². The number of quaternary nitrogens is 1. The van der Waals surface area contributed by atoms with Crippen LogP contribution < -0.4 is 9.88 Å². The van der Waals surface area contributed by atoms with Crippen molar-refractivity contribution in [2.45, 2.75) is 6.42 Å². The Labute approximate surface area is 119 Å². The molecule has 1 heterocycles. The fraction of sp³-hybridized carbons (Fsp3) is 0.500. The smallest absolute Gasteiger partial charge is 0.251 e. The van der Waals surface area contributed by atoms with Crippen LogP contribution in [0.4, 0.5) is 0 Å². The molecule has 0 aliphatic rings. The van der Waals surface area contributed by atoms with Gasteiger partial charge in [-0.2, -0.15) is 0 Å². The van der Waals surface area contributed by atoms with Gasteiger partial charge in [-0.25, -0.2) is 4.57 Å². The normalized spacial score (nSPS) is 11.8. The van der Waals surface area contributed by atoms with E-state index in [0.717, 1.165) is 17.4 Å². The molecule has 0 atom stereocenters. The number of rotatable bonds is 6. The summed E-state index contributed by atoms with van der Waals surface area (Å²) in [5.74, 6) is -0.111. The minimum atomic E-state index is -0.111. The highest BCUT2D eigenvalue weighted by molar-refractivity contribution is 5.95.